The van der Waals surface area contributed by atoms with Gasteiger partial charge in [0.05, 0.1) is 18.8 Å². The summed E-state index contributed by atoms with van der Waals surface area (Å²) in [7, 11) is 0. The number of rotatable bonds is 9. The Labute approximate surface area is 202 Å². The number of nitrogens with zero attached hydrogens (tertiary/aromatic N) is 5. The largest absolute Gasteiger partial charge is 0.460 e. The van der Waals surface area contributed by atoms with Crippen molar-refractivity contribution in [2.45, 2.75) is 103 Å². The maximum Gasteiger partial charge on any atom is 0.307 e. The van der Waals surface area contributed by atoms with Crippen molar-refractivity contribution in [3.05, 3.63) is 18.3 Å². The zero-order chi connectivity index (χ0) is 24.0. The van der Waals surface area contributed by atoms with Crippen LogP contribution < -0.4 is 4.90 Å². The molecule has 4 rings (SSSR count). The number of anilines is 1. The van der Waals surface area contributed by atoms with E-state index in [1.54, 1.807) is 12.4 Å². The molecule has 2 fully saturated rings. The van der Waals surface area contributed by atoms with E-state index in [0.717, 1.165) is 37.7 Å². The number of hydrogen-bond acceptors (Lipinski definition) is 8. The van der Waals surface area contributed by atoms with E-state index in [2.05, 4.69) is 20.0 Å². The summed E-state index contributed by atoms with van der Waals surface area (Å²) in [6.45, 7) is 7.66. The van der Waals surface area contributed by atoms with Crippen LogP contribution in [0.5, 0.6) is 0 Å². The number of esters is 1. The summed E-state index contributed by atoms with van der Waals surface area (Å²) < 4.78 is 11.3. The molecule has 0 spiro atoms. The van der Waals surface area contributed by atoms with Crippen LogP contribution in [-0.2, 0) is 9.53 Å². The van der Waals surface area contributed by atoms with Gasteiger partial charge in [0.25, 0.3) is 0 Å². The molecule has 2 aromatic heterocycles. The van der Waals surface area contributed by atoms with Gasteiger partial charge in [-0.05, 0) is 46.0 Å². The van der Waals surface area contributed by atoms with Gasteiger partial charge < -0.3 is 14.2 Å². The topological polar surface area (TPSA) is 94.2 Å². The standard InChI is InChI=1S/C26H39N5O3/c1-26(2,3)33-23(32)16-20(13-9-12-19-10-5-4-6-11-19)25-29-24(30-34-25)21-17-27-18-22(28-21)31-14-7-8-15-31/h17-20H,4-16H2,1-3H3. The number of carbonyl (C=O) groups is 1. The van der Waals surface area contributed by atoms with Gasteiger partial charge in [-0.15, -0.1) is 0 Å². The van der Waals surface area contributed by atoms with Crippen LogP contribution in [0, 0.1) is 5.92 Å². The van der Waals surface area contributed by atoms with Gasteiger partial charge in [0.1, 0.15) is 17.1 Å². The molecule has 0 amide bonds. The fourth-order valence-electron chi connectivity index (χ4n) is 5.09. The normalized spacial score (nSPS) is 18.3. The van der Waals surface area contributed by atoms with Crippen LogP contribution in [0.1, 0.15) is 103 Å². The first-order valence-corrected chi connectivity index (χ1v) is 13.0. The highest BCUT2D eigenvalue weighted by Crippen LogP contribution is 2.32. The maximum atomic E-state index is 12.6. The molecule has 0 bridgehead atoms. The van der Waals surface area contributed by atoms with E-state index in [1.165, 1.54) is 51.4 Å². The summed E-state index contributed by atoms with van der Waals surface area (Å²) in [5.74, 6) is 2.17. The van der Waals surface area contributed by atoms with Crippen LogP contribution in [0.2, 0.25) is 0 Å². The highest BCUT2D eigenvalue weighted by Gasteiger charge is 2.27. The van der Waals surface area contributed by atoms with Crippen LogP contribution in [0.25, 0.3) is 11.5 Å². The van der Waals surface area contributed by atoms with Gasteiger partial charge in [-0.3, -0.25) is 9.78 Å². The van der Waals surface area contributed by atoms with E-state index >= 15 is 0 Å². The Morgan fingerprint density at radius 2 is 1.88 bits per heavy atom. The fourth-order valence-corrected chi connectivity index (χ4v) is 5.09. The van der Waals surface area contributed by atoms with Gasteiger partial charge in [-0.2, -0.15) is 4.98 Å². The molecule has 0 aromatic carbocycles. The maximum absolute atomic E-state index is 12.6. The first-order valence-electron chi connectivity index (χ1n) is 13.0. The van der Waals surface area contributed by atoms with Crippen molar-refractivity contribution in [3.8, 4) is 11.5 Å². The second-order valence-electron chi connectivity index (χ2n) is 10.8. The molecule has 1 aliphatic heterocycles. The SMILES string of the molecule is CC(C)(C)OC(=O)CC(CCCC1CCCCC1)c1nc(-c2cncc(N3CCCC3)n2)no1. The zero-order valence-electron chi connectivity index (χ0n) is 21.0. The van der Waals surface area contributed by atoms with E-state index in [0.29, 0.717) is 17.4 Å². The van der Waals surface area contributed by atoms with Crippen molar-refractivity contribution < 1.29 is 14.1 Å². The Bertz CT molecular complexity index is 927. The molecule has 1 saturated carbocycles. The highest BCUT2D eigenvalue weighted by molar-refractivity contribution is 5.70. The third-order valence-corrected chi connectivity index (χ3v) is 6.79. The molecule has 2 aliphatic rings. The molecule has 3 heterocycles. The van der Waals surface area contributed by atoms with Crippen LogP contribution in [0.3, 0.4) is 0 Å². The summed E-state index contributed by atoms with van der Waals surface area (Å²) in [6.07, 6.45) is 15.8. The fraction of sp³-hybridized carbons (Fsp3) is 0.731. The number of carbonyl (C=O) groups excluding carboxylic acids is 1. The molecule has 1 aliphatic carbocycles. The Kier molecular flexibility index (Phi) is 8.16. The van der Waals surface area contributed by atoms with Crippen molar-refractivity contribution in [1.29, 1.82) is 0 Å². The average molecular weight is 470 g/mol. The van der Waals surface area contributed by atoms with E-state index in [9.17, 15) is 4.79 Å². The third-order valence-electron chi connectivity index (χ3n) is 6.79. The van der Waals surface area contributed by atoms with E-state index < -0.39 is 5.60 Å². The minimum absolute atomic E-state index is 0.158. The average Bonchev–Trinajstić information content (AvgIpc) is 3.51. The highest BCUT2D eigenvalue weighted by atomic mass is 16.6. The monoisotopic (exact) mass is 469 g/mol. The van der Waals surface area contributed by atoms with Gasteiger partial charge in [-0.1, -0.05) is 50.1 Å². The lowest BCUT2D eigenvalue weighted by Gasteiger charge is -2.23. The number of aromatic nitrogens is 4. The lowest BCUT2D eigenvalue weighted by atomic mass is 9.84. The predicted molar refractivity (Wildman–Crippen MR) is 130 cm³/mol. The van der Waals surface area contributed by atoms with Gasteiger partial charge in [-0.25, -0.2) is 4.98 Å². The Morgan fingerprint density at radius 3 is 2.62 bits per heavy atom. The molecule has 8 nitrogen and oxygen atoms in total. The molecule has 34 heavy (non-hydrogen) atoms. The quantitative estimate of drug-likeness (QED) is 0.432. The van der Waals surface area contributed by atoms with Crippen LogP contribution >= 0.6 is 0 Å². The number of hydrogen-bond donors (Lipinski definition) is 0. The number of ether oxygens (including phenoxy) is 1. The second kappa shape index (κ2) is 11.3. The van der Waals surface area contributed by atoms with E-state index in [-0.39, 0.29) is 18.3 Å². The van der Waals surface area contributed by atoms with Crippen LogP contribution in [0.4, 0.5) is 5.82 Å². The van der Waals surface area contributed by atoms with E-state index in [4.69, 9.17) is 14.2 Å². The molecule has 1 saturated heterocycles. The Balaban J connectivity index is 1.45. The minimum Gasteiger partial charge on any atom is -0.460 e. The third kappa shape index (κ3) is 7.00. The predicted octanol–water partition coefficient (Wildman–Crippen LogP) is 5.69. The summed E-state index contributed by atoms with van der Waals surface area (Å²) in [6, 6.07) is 0. The van der Waals surface area contributed by atoms with Crippen molar-refractivity contribution in [2.24, 2.45) is 5.92 Å². The van der Waals surface area contributed by atoms with Crippen LogP contribution in [0.15, 0.2) is 16.9 Å². The molecule has 1 atom stereocenters. The molecule has 1 unspecified atom stereocenters. The summed E-state index contributed by atoms with van der Waals surface area (Å²) >= 11 is 0. The summed E-state index contributed by atoms with van der Waals surface area (Å²) in [5.41, 5.74) is 0.0765. The second-order valence-corrected chi connectivity index (χ2v) is 10.8. The lowest BCUT2D eigenvalue weighted by Crippen LogP contribution is -2.25. The summed E-state index contributed by atoms with van der Waals surface area (Å²) in [5, 5.41) is 4.20. The van der Waals surface area contributed by atoms with Crippen molar-refractivity contribution >= 4 is 11.8 Å². The van der Waals surface area contributed by atoms with Crippen molar-refractivity contribution in [2.75, 3.05) is 18.0 Å². The molecule has 0 radical (unpaired) electrons. The van der Waals surface area contributed by atoms with E-state index in [1.807, 2.05) is 20.8 Å². The molecule has 2 aromatic rings. The Morgan fingerprint density at radius 1 is 1.12 bits per heavy atom. The van der Waals surface area contributed by atoms with Gasteiger partial charge in [0, 0.05) is 19.0 Å². The first-order chi connectivity index (χ1) is 16.4. The smallest absolute Gasteiger partial charge is 0.307 e. The van der Waals surface area contributed by atoms with Crippen molar-refractivity contribution in [1.82, 2.24) is 20.1 Å². The molecule has 8 heteroatoms. The first kappa shape index (κ1) is 24.6. The Hall–Kier alpha value is -2.51. The van der Waals surface area contributed by atoms with Crippen molar-refractivity contribution in [3.63, 3.8) is 0 Å². The molecule has 0 N–H and O–H groups in total. The van der Waals surface area contributed by atoms with Gasteiger partial charge in [0.15, 0.2) is 0 Å². The van der Waals surface area contributed by atoms with Crippen LogP contribution in [-0.4, -0.2) is 44.8 Å². The molecule has 186 valence electrons. The van der Waals surface area contributed by atoms with Gasteiger partial charge >= 0.3 is 5.97 Å². The molecular weight excluding hydrogens is 430 g/mol. The summed E-state index contributed by atoms with van der Waals surface area (Å²) in [4.78, 5) is 28.6. The molecular formula is C26H39N5O3. The zero-order valence-corrected chi connectivity index (χ0v) is 21.0. The van der Waals surface area contributed by atoms with Gasteiger partial charge in [0.2, 0.25) is 11.7 Å². The lowest BCUT2D eigenvalue weighted by molar-refractivity contribution is -0.155. The minimum atomic E-state index is -0.519.